The van der Waals surface area contributed by atoms with Gasteiger partial charge in [0.15, 0.2) is 0 Å². The molecule has 0 aliphatic carbocycles. The predicted octanol–water partition coefficient (Wildman–Crippen LogP) is 3.82. The first-order chi connectivity index (χ1) is 9.17. The third-order valence-electron chi connectivity index (χ3n) is 2.83. The molecule has 0 spiro atoms. The summed E-state index contributed by atoms with van der Waals surface area (Å²) >= 11 is 6.06. The smallest absolute Gasteiger partial charge is 0.124 e. The molecule has 0 radical (unpaired) electrons. The summed E-state index contributed by atoms with van der Waals surface area (Å²) < 4.78 is 18.6. The number of rotatable bonds is 9. The van der Waals surface area contributed by atoms with Crippen molar-refractivity contribution in [3.05, 3.63) is 34.6 Å². The molecule has 4 heteroatoms. The highest BCUT2D eigenvalue weighted by Crippen LogP contribution is 2.19. The minimum Gasteiger partial charge on any atom is -0.380 e. The monoisotopic (exact) mass is 287 g/mol. The fourth-order valence-corrected chi connectivity index (χ4v) is 2.11. The van der Waals surface area contributed by atoms with Gasteiger partial charge in [-0.3, -0.25) is 0 Å². The van der Waals surface area contributed by atoms with Crippen molar-refractivity contribution in [3.8, 4) is 0 Å². The van der Waals surface area contributed by atoms with Crippen LogP contribution < -0.4 is 5.32 Å². The second-order valence-electron chi connectivity index (χ2n) is 4.67. The minimum absolute atomic E-state index is 0.217. The Labute approximate surface area is 120 Å². The van der Waals surface area contributed by atoms with Crippen LogP contribution in [0.25, 0.3) is 0 Å². The van der Waals surface area contributed by atoms with E-state index in [1.165, 1.54) is 12.1 Å². The Hall–Kier alpha value is -0.640. The van der Waals surface area contributed by atoms with Crippen LogP contribution in [-0.4, -0.2) is 25.8 Å². The van der Waals surface area contributed by atoms with Gasteiger partial charge in [0.1, 0.15) is 5.82 Å². The number of ether oxygens (including phenoxy) is 1. The van der Waals surface area contributed by atoms with Crippen LogP contribution in [0.3, 0.4) is 0 Å². The van der Waals surface area contributed by atoms with Gasteiger partial charge in [0.25, 0.3) is 0 Å². The van der Waals surface area contributed by atoms with Gasteiger partial charge in [0, 0.05) is 17.7 Å². The van der Waals surface area contributed by atoms with Gasteiger partial charge < -0.3 is 10.1 Å². The highest BCUT2D eigenvalue weighted by molar-refractivity contribution is 6.31. The lowest BCUT2D eigenvalue weighted by atomic mass is 10.1. The van der Waals surface area contributed by atoms with Gasteiger partial charge in [0.2, 0.25) is 0 Å². The summed E-state index contributed by atoms with van der Waals surface area (Å²) in [5.74, 6) is -0.297. The molecule has 0 saturated carbocycles. The fraction of sp³-hybridized carbons (Fsp3) is 0.600. The number of hydrogen-bond donors (Lipinski definition) is 1. The van der Waals surface area contributed by atoms with Gasteiger partial charge in [-0.2, -0.15) is 0 Å². The molecule has 0 bridgehead atoms. The predicted molar refractivity (Wildman–Crippen MR) is 78.3 cm³/mol. The minimum atomic E-state index is -0.297. The maximum Gasteiger partial charge on any atom is 0.124 e. The Morgan fingerprint density at radius 3 is 2.74 bits per heavy atom. The van der Waals surface area contributed by atoms with Crippen molar-refractivity contribution in [2.75, 3.05) is 19.8 Å². The third kappa shape index (κ3) is 6.37. The van der Waals surface area contributed by atoms with Crippen molar-refractivity contribution < 1.29 is 9.13 Å². The van der Waals surface area contributed by atoms with Crippen molar-refractivity contribution in [1.82, 2.24) is 5.32 Å². The molecular weight excluding hydrogens is 265 g/mol. The average Bonchev–Trinajstić information content (AvgIpc) is 2.39. The lowest BCUT2D eigenvalue weighted by Gasteiger charge is -2.19. The summed E-state index contributed by atoms with van der Waals surface area (Å²) in [6.45, 7) is 6.58. The standard InChI is InChI=1S/C15H23ClFNO/c1-3-7-18-14(11-19-8-4-2)9-12-5-6-13(17)10-15(12)16/h5-6,10,14,18H,3-4,7-9,11H2,1-2H3. The van der Waals surface area contributed by atoms with Gasteiger partial charge in [-0.25, -0.2) is 4.39 Å². The molecule has 0 saturated heterocycles. The first kappa shape index (κ1) is 16.4. The number of halogens is 2. The Bertz CT molecular complexity index is 373. The Kier molecular flexibility index (Phi) is 8.03. The van der Waals surface area contributed by atoms with E-state index in [9.17, 15) is 4.39 Å². The molecule has 1 atom stereocenters. The first-order valence-electron chi connectivity index (χ1n) is 6.92. The molecule has 1 aromatic rings. The topological polar surface area (TPSA) is 21.3 Å². The zero-order valence-electron chi connectivity index (χ0n) is 11.7. The molecule has 0 heterocycles. The summed E-state index contributed by atoms with van der Waals surface area (Å²) in [7, 11) is 0. The van der Waals surface area contributed by atoms with Gasteiger partial charge >= 0.3 is 0 Å². The van der Waals surface area contributed by atoms with Crippen molar-refractivity contribution >= 4 is 11.6 Å². The molecule has 0 aromatic heterocycles. The maximum absolute atomic E-state index is 13.0. The number of hydrogen-bond acceptors (Lipinski definition) is 2. The lowest BCUT2D eigenvalue weighted by molar-refractivity contribution is 0.112. The van der Waals surface area contributed by atoms with Crippen molar-refractivity contribution in [1.29, 1.82) is 0 Å². The highest BCUT2D eigenvalue weighted by Gasteiger charge is 2.11. The lowest BCUT2D eigenvalue weighted by Crippen LogP contribution is -2.36. The molecule has 2 nitrogen and oxygen atoms in total. The fourth-order valence-electron chi connectivity index (χ4n) is 1.86. The molecular formula is C15H23ClFNO. The Morgan fingerprint density at radius 2 is 2.11 bits per heavy atom. The molecule has 0 amide bonds. The average molecular weight is 288 g/mol. The molecule has 108 valence electrons. The molecule has 1 rings (SSSR count). The van der Waals surface area contributed by atoms with E-state index in [4.69, 9.17) is 16.3 Å². The van der Waals surface area contributed by atoms with E-state index < -0.39 is 0 Å². The van der Waals surface area contributed by atoms with E-state index in [2.05, 4.69) is 19.2 Å². The van der Waals surface area contributed by atoms with Crippen LogP contribution in [0.1, 0.15) is 32.3 Å². The summed E-state index contributed by atoms with van der Waals surface area (Å²) in [6.07, 6.45) is 2.84. The first-order valence-corrected chi connectivity index (χ1v) is 7.30. The number of benzene rings is 1. The molecule has 0 aliphatic heterocycles. The Morgan fingerprint density at radius 1 is 1.32 bits per heavy atom. The van der Waals surface area contributed by atoms with Gasteiger partial charge in [-0.1, -0.05) is 31.5 Å². The second kappa shape index (κ2) is 9.29. The zero-order valence-corrected chi connectivity index (χ0v) is 12.5. The highest BCUT2D eigenvalue weighted by atomic mass is 35.5. The quantitative estimate of drug-likeness (QED) is 0.697. The van der Waals surface area contributed by atoms with E-state index in [1.807, 2.05) is 0 Å². The summed E-state index contributed by atoms with van der Waals surface area (Å²) in [4.78, 5) is 0. The van der Waals surface area contributed by atoms with Crippen molar-refractivity contribution in [2.45, 2.75) is 39.2 Å². The molecule has 1 N–H and O–H groups in total. The summed E-state index contributed by atoms with van der Waals surface area (Å²) in [6, 6.07) is 4.78. The Balaban J connectivity index is 2.58. The van der Waals surface area contributed by atoms with E-state index in [0.29, 0.717) is 11.6 Å². The van der Waals surface area contributed by atoms with Crippen LogP contribution in [0.5, 0.6) is 0 Å². The van der Waals surface area contributed by atoms with E-state index in [1.54, 1.807) is 6.07 Å². The van der Waals surface area contributed by atoms with Crippen molar-refractivity contribution in [2.24, 2.45) is 0 Å². The van der Waals surface area contributed by atoms with Gasteiger partial charge in [-0.05, 0) is 43.5 Å². The molecule has 0 fully saturated rings. The van der Waals surface area contributed by atoms with Crippen molar-refractivity contribution in [3.63, 3.8) is 0 Å². The van der Waals surface area contributed by atoms with E-state index in [0.717, 1.165) is 38.0 Å². The van der Waals surface area contributed by atoms with Crippen LogP contribution in [0.15, 0.2) is 18.2 Å². The maximum atomic E-state index is 13.0. The van der Waals surface area contributed by atoms with E-state index in [-0.39, 0.29) is 11.9 Å². The van der Waals surface area contributed by atoms with Crippen LogP contribution >= 0.6 is 11.6 Å². The zero-order chi connectivity index (χ0) is 14.1. The molecule has 19 heavy (non-hydrogen) atoms. The van der Waals surface area contributed by atoms with Gasteiger partial charge in [-0.15, -0.1) is 0 Å². The van der Waals surface area contributed by atoms with Crippen LogP contribution in [0, 0.1) is 5.82 Å². The summed E-state index contributed by atoms with van der Waals surface area (Å²) in [5, 5.41) is 3.93. The molecule has 1 unspecified atom stereocenters. The third-order valence-corrected chi connectivity index (χ3v) is 3.18. The SMILES string of the molecule is CCCNC(COCCC)Cc1ccc(F)cc1Cl. The molecule has 0 aliphatic rings. The van der Waals surface area contributed by atoms with E-state index >= 15 is 0 Å². The second-order valence-corrected chi connectivity index (χ2v) is 5.07. The largest absolute Gasteiger partial charge is 0.380 e. The van der Waals surface area contributed by atoms with Gasteiger partial charge in [0.05, 0.1) is 6.61 Å². The van der Waals surface area contributed by atoms with Crippen LogP contribution in [0.2, 0.25) is 5.02 Å². The van der Waals surface area contributed by atoms with Crippen LogP contribution in [0.4, 0.5) is 4.39 Å². The normalized spacial score (nSPS) is 12.6. The number of nitrogens with one attached hydrogen (secondary N) is 1. The van der Waals surface area contributed by atoms with Crippen LogP contribution in [-0.2, 0) is 11.2 Å². The summed E-state index contributed by atoms with van der Waals surface area (Å²) in [5.41, 5.74) is 0.955. The molecule has 1 aromatic carbocycles.